The third kappa shape index (κ3) is 1.95. The first-order chi connectivity index (χ1) is 7.08. The van der Waals surface area contributed by atoms with E-state index in [0.29, 0.717) is 4.77 Å². The van der Waals surface area contributed by atoms with Crippen molar-refractivity contribution in [3.63, 3.8) is 0 Å². The Morgan fingerprint density at radius 2 is 2.33 bits per heavy atom. The fourth-order valence-corrected chi connectivity index (χ4v) is 2.25. The van der Waals surface area contributed by atoms with Crippen molar-refractivity contribution >= 4 is 18.2 Å². The van der Waals surface area contributed by atoms with Crippen LogP contribution in [-0.4, -0.2) is 46.1 Å². The number of hydrogen-bond acceptors (Lipinski definition) is 3. The third-order valence-electron chi connectivity index (χ3n) is 2.77. The van der Waals surface area contributed by atoms with Gasteiger partial charge in [-0.05, 0) is 32.2 Å². The SMILES string of the molecule is CN1CCC(c2[nH]c(=S)[nH]c2C(=O)O)C1. The molecule has 1 unspecified atom stereocenters. The van der Waals surface area contributed by atoms with Crippen LogP contribution in [-0.2, 0) is 0 Å². The minimum atomic E-state index is -0.952. The molecule has 0 aliphatic carbocycles. The molecule has 1 saturated heterocycles. The zero-order valence-corrected chi connectivity index (χ0v) is 9.23. The number of likely N-dealkylation sites (tertiary alicyclic amines) is 1. The first kappa shape index (κ1) is 10.4. The summed E-state index contributed by atoms with van der Waals surface area (Å²) in [5.41, 5.74) is 0.942. The summed E-state index contributed by atoms with van der Waals surface area (Å²) in [5, 5.41) is 8.99. The van der Waals surface area contributed by atoms with Crippen molar-refractivity contribution < 1.29 is 9.90 Å². The molecule has 0 aromatic carbocycles. The molecule has 5 nitrogen and oxygen atoms in total. The van der Waals surface area contributed by atoms with Gasteiger partial charge < -0.3 is 20.0 Å². The molecule has 0 bridgehead atoms. The van der Waals surface area contributed by atoms with Crippen molar-refractivity contribution in [3.05, 3.63) is 16.2 Å². The summed E-state index contributed by atoms with van der Waals surface area (Å²) >= 11 is 4.92. The van der Waals surface area contributed by atoms with Gasteiger partial charge in [-0.1, -0.05) is 0 Å². The maximum Gasteiger partial charge on any atom is 0.354 e. The van der Waals surface area contributed by atoms with Gasteiger partial charge in [-0.15, -0.1) is 0 Å². The molecule has 2 heterocycles. The van der Waals surface area contributed by atoms with Crippen molar-refractivity contribution in [2.45, 2.75) is 12.3 Å². The van der Waals surface area contributed by atoms with Gasteiger partial charge in [0.15, 0.2) is 4.77 Å². The molecule has 1 aromatic rings. The lowest BCUT2D eigenvalue weighted by Gasteiger charge is -2.09. The number of hydrogen-bond donors (Lipinski definition) is 3. The van der Waals surface area contributed by atoms with E-state index < -0.39 is 5.97 Å². The summed E-state index contributed by atoms with van der Waals surface area (Å²) in [6.45, 7) is 1.87. The highest BCUT2D eigenvalue weighted by Crippen LogP contribution is 2.26. The Hall–Kier alpha value is -1.14. The molecular formula is C9H13N3O2S. The molecule has 3 N–H and O–H groups in total. The number of nitrogens with one attached hydrogen (secondary N) is 2. The van der Waals surface area contributed by atoms with Crippen LogP contribution in [0.15, 0.2) is 0 Å². The molecule has 2 rings (SSSR count). The second-order valence-electron chi connectivity index (χ2n) is 3.92. The van der Waals surface area contributed by atoms with Gasteiger partial charge in [0, 0.05) is 12.5 Å². The predicted octanol–water partition coefficient (Wildman–Crippen LogP) is 1.19. The second-order valence-corrected chi connectivity index (χ2v) is 4.33. The normalized spacial score (nSPS) is 22.1. The van der Waals surface area contributed by atoms with Gasteiger partial charge in [-0.25, -0.2) is 4.79 Å². The van der Waals surface area contributed by atoms with E-state index in [-0.39, 0.29) is 11.6 Å². The molecule has 0 spiro atoms. The minimum Gasteiger partial charge on any atom is -0.477 e. The van der Waals surface area contributed by atoms with Crippen molar-refractivity contribution in [2.24, 2.45) is 0 Å². The van der Waals surface area contributed by atoms with Crippen LogP contribution in [0.2, 0.25) is 0 Å². The number of nitrogens with zero attached hydrogens (tertiary/aromatic N) is 1. The zero-order chi connectivity index (χ0) is 11.0. The van der Waals surface area contributed by atoms with Crippen LogP contribution in [0.4, 0.5) is 0 Å². The minimum absolute atomic E-state index is 0.209. The first-order valence-corrected chi connectivity index (χ1v) is 5.22. The number of likely N-dealkylation sites (N-methyl/N-ethyl adjacent to an activating group) is 1. The molecular weight excluding hydrogens is 214 g/mol. The molecule has 6 heteroatoms. The predicted molar refractivity (Wildman–Crippen MR) is 57.8 cm³/mol. The summed E-state index contributed by atoms with van der Waals surface area (Å²) in [6.07, 6.45) is 0.972. The highest BCUT2D eigenvalue weighted by Gasteiger charge is 2.27. The van der Waals surface area contributed by atoms with Gasteiger partial charge >= 0.3 is 5.97 Å². The zero-order valence-electron chi connectivity index (χ0n) is 8.41. The van der Waals surface area contributed by atoms with Crippen LogP contribution < -0.4 is 0 Å². The molecule has 1 fully saturated rings. The molecule has 1 aliphatic heterocycles. The fraction of sp³-hybridized carbons (Fsp3) is 0.556. The van der Waals surface area contributed by atoms with Gasteiger partial charge in [-0.3, -0.25) is 0 Å². The van der Waals surface area contributed by atoms with Crippen LogP contribution in [0.3, 0.4) is 0 Å². The van der Waals surface area contributed by atoms with Crippen LogP contribution in [0, 0.1) is 4.77 Å². The monoisotopic (exact) mass is 227 g/mol. The van der Waals surface area contributed by atoms with Crippen LogP contribution in [0.1, 0.15) is 28.5 Å². The number of aromatic nitrogens is 2. The lowest BCUT2D eigenvalue weighted by atomic mass is 10.0. The molecule has 15 heavy (non-hydrogen) atoms. The summed E-state index contributed by atoms with van der Waals surface area (Å²) in [5.74, 6) is -0.707. The fourth-order valence-electron chi connectivity index (χ4n) is 2.04. The van der Waals surface area contributed by atoms with Crippen LogP contribution in [0.5, 0.6) is 0 Å². The standard InChI is InChI=1S/C9H13N3O2S/c1-12-3-2-5(4-12)6-7(8(13)14)11-9(15)10-6/h5H,2-4H2,1H3,(H,13,14)(H2,10,11,15). The Kier molecular flexibility index (Phi) is 2.62. The van der Waals surface area contributed by atoms with Gasteiger partial charge in [0.25, 0.3) is 0 Å². The maximum atomic E-state index is 11.0. The Labute approximate surface area is 92.1 Å². The van der Waals surface area contributed by atoms with E-state index in [9.17, 15) is 4.79 Å². The van der Waals surface area contributed by atoms with E-state index in [0.717, 1.165) is 25.2 Å². The lowest BCUT2D eigenvalue weighted by Crippen LogP contribution is -2.14. The number of aromatic carboxylic acids is 1. The van der Waals surface area contributed by atoms with E-state index >= 15 is 0 Å². The topological polar surface area (TPSA) is 72.1 Å². The Bertz CT molecular complexity index is 437. The molecule has 1 aromatic heterocycles. The van der Waals surface area contributed by atoms with Crippen molar-refractivity contribution in [1.29, 1.82) is 0 Å². The summed E-state index contributed by atoms with van der Waals surface area (Å²) in [4.78, 5) is 18.8. The van der Waals surface area contributed by atoms with E-state index in [4.69, 9.17) is 17.3 Å². The molecule has 0 amide bonds. The molecule has 0 saturated carbocycles. The van der Waals surface area contributed by atoms with Crippen LogP contribution in [0.25, 0.3) is 0 Å². The Balaban J connectivity index is 2.35. The third-order valence-corrected chi connectivity index (χ3v) is 2.97. The summed E-state index contributed by atoms with van der Waals surface area (Å²) < 4.78 is 0.386. The number of imidazole rings is 1. The second kappa shape index (κ2) is 3.79. The number of carbonyl (C=O) groups is 1. The Morgan fingerprint density at radius 3 is 2.87 bits per heavy atom. The summed E-state index contributed by atoms with van der Waals surface area (Å²) in [6, 6.07) is 0. The van der Waals surface area contributed by atoms with Gasteiger partial charge in [0.2, 0.25) is 0 Å². The molecule has 0 radical (unpaired) electrons. The number of carboxylic acids is 1. The number of H-pyrrole nitrogens is 2. The van der Waals surface area contributed by atoms with Crippen LogP contribution >= 0.6 is 12.2 Å². The summed E-state index contributed by atoms with van der Waals surface area (Å²) in [7, 11) is 2.03. The van der Waals surface area contributed by atoms with Crippen molar-refractivity contribution in [2.75, 3.05) is 20.1 Å². The highest BCUT2D eigenvalue weighted by molar-refractivity contribution is 7.71. The average molecular weight is 227 g/mol. The highest BCUT2D eigenvalue weighted by atomic mass is 32.1. The average Bonchev–Trinajstić information content (AvgIpc) is 2.71. The lowest BCUT2D eigenvalue weighted by molar-refractivity contribution is 0.0689. The first-order valence-electron chi connectivity index (χ1n) is 4.82. The quantitative estimate of drug-likeness (QED) is 0.664. The van der Waals surface area contributed by atoms with E-state index in [1.165, 1.54) is 0 Å². The smallest absolute Gasteiger partial charge is 0.354 e. The largest absolute Gasteiger partial charge is 0.477 e. The van der Waals surface area contributed by atoms with Crippen molar-refractivity contribution in [3.8, 4) is 0 Å². The van der Waals surface area contributed by atoms with E-state index in [1.54, 1.807) is 0 Å². The van der Waals surface area contributed by atoms with E-state index in [2.05, 4.69) is 14.9 Å². The molecule has 1 atom stereocenters. The van der Waals surface area contributed by atoms with Gasteiger partial charge in [-0.2, -0.15) is 0 Å². The molecule has 82 valence electrons. The van der Waals surface area contributed by atoms with Crippen molar-refractivity contribution in [1.82, 2.24) is 14.9 Å². The number of carboxylic acid groups (broad SMARTS) is 1. The van der Waals surface area contributed by atoms with E-state index in [1.807, 2.05) is 7.05 Å². The number of rotatable bonds is 2. The van der Waals surface area contributed by atoms with Gasteiger partial charge in [0.1, 0.15) is 5.69 Å². The number of aromatic amines is 2. The molecule has 1 aliphatic rings. The maximum absolute atomic E-state index is 11.0. The van der Waals surface area contributed by atoms with Gasteiger partial charge in [0.05, 0.1) is 5.69 Å². The Morgan fingerprint density at radius 1 is 1.60 bits per heavy atom.